The van der Waals surface area contributed by atoms with Crippen molar-refractivity contribution in [2.75, 3.05) is 0 Å². The van der Waals surface area contributed by atoms with Gasteiger partial charge >= 0.3 is 0 Å². The van der Waals surface area contributed by atoms with Crippen LogP contribution >= 0.6 is 11.6 Å². The molecular weight excluding hydrogens is 366 g/mol. The molecule has 0 spiro atoms. The molecule has 0 unspecified atom stereocenters. The number of nitrogens with two attached hydrogens (primary N) is 1. The largest absolute Gasteiger partial charge is 0.238 e. The lowest BCUT2D eigenvalue weighted by molar-refractivity contribution is 0.406. The molecule has 2 aromatic rings. The summed E-state index contributed by atoms with van der Waals surface area (Å²) in [7, 11) is -3.67. The normalized spacial score (nSPS) is 16.2. The Bertz CT molecular complexity index is 896. The minimum Gasteiger partial charge on any atom is -0.225 e. The van der Waals surface area contributed by atoms with E-state index in [4.69, 9.17) is 16.7 Å². The van der Waals surface area contributed by atoms with Crippen molar-refractivity contribution < 1.29 is 8.42 Å². The Hall–Kier alpha value is -1.62. The second-order valence-electron chi connectivity index (χ2n) is 7.05. The number of benzene rings is 2. The Balaban J connectivity index is 0.00000117. The van der Waals surface area contributed by atoms with Crippen LogP contribution in [-0.2, 0) is 10.0 Å². The molecule has 0 aromatic heterocycles. The summed E-state index contributed by atoms with van der Waals surface area (Å²) in [6, 6.07) is 14.7. The average molecular weight is 392 g/mol. The fourth-order valence-corrected chi connectivity index (χ4v) is 3.92. The van der Waals surface area contributed by atoms with Crippen molar-refractivity contribution in [3.05, 3.63) is 64.7 Å². The van der Waals surface area contributed by atoms with Crippen LogP contribution in [0.2, 0.25) is 5.02 Å². The molecule has 0 saturated heterocycles. The van der Waals surface area contributed by atoms with Gasteiger partial charge in [0.25, 0.3) is 0 Å². The highest BCUT2D eigenvalue weighted by atomic mass is 35.5. The van der Waals surface area contributed by atoms with Gasteiger partial charge in [0, 0.05) is 5.02 Å². The zero-order valence-corrected chi connectivity index (χ0v) is 17.3. The van der Waals surface area contributed by atoms with Crippen LogP contribution in [0.3, 0.4) is 0 Å². The Kier molecular flexibility index (Phi) is 6.33. The third kappa shape index (κ3) is 4.76. The molecule has 5 heteroatoms. The summed E-state index contributed by atoms with van der Waals surface area (Å²) in [5, 5.41) is 5.90. The SMILES string of the molecule is CC.CC1(C)CC(c2ccc(Cl)cc2)=C(c2ccc(S(N)(=O)=O)cc2)C1. The van der Waals surface area contributed by atoms with E-state index in [2.05, 4.69) is 13.8 Å². The monoisotopic (exact) mass is 391 g/mol. The second kappa shape index (κ2) is 7.95. The number of primary sulfonamides is 1. The molecule has 2 aromatic carbocycles. The summed E-state index contributed by atoms with van der Waals surface area (Å²) in [4.78, 5) is 0.136. The van der Waals surface area contributed by atoms with E-state index in [1.54, 1.807) is 12.1 Å². The Morgan fingerprint density at radius 2 is 1.23 bits per heavy atom. The molecule has 3 rings (SSSR count). The number of sulfonamides is 1. The molecule has 0 aliphatic heterocycles. The van der Waals surface area contributed by atoms with Gasteiger partial charge in [-0.1, -0.05) is 63.6 Å². The molecule has 0 radical (unpaired) electrons. The van der Waals surface area contributed by atoms with Crippen molar-refractivity contribution in [2.24, 2.45) is 10.6 Å². The molecular formula is C21H26ClNO2S. The van der Waals surface area contributed by atoms with Gasteiger partial charge in [0.2, 0.25) is 10.0 Å². The molecule has 0 fully saturated rings. The molecule has 0 saturated carbocycles. The maximum atomic E-state index is 11.4. The van der Waals surface area contributed by atoms with Crippen LogP contribution in [0.15, 0.2) is 53.4 Å². The number of hydrogen-bond acceptors (Lipinski definition) is 2. The summed E-state index contributed by atoms with van der Waals surface area (Å²) >= 11 is 6.00. The van der Waals surface area contributed by atoms with E-state index < -0.39 is 10.0 Å². The van der Waals surface area contributed by atoms with E-state index in [0.29, 0.717) is 0 Å². The first-order chi connectivity index (χ1) is 12.2. The van der Waals surface area contributed by atoms with Crippen LogP contribution in [0.5, 0.6) is 0 Å². The first kappa shape index (κ1) is 20.7. The third-order valence-electron chi connectivity index (χ3n) is 4.40. The summed E-state index contributed by atoms with van der Waals surface area (Å²) in [6.45, 7) is 8.49. The van der Waals surface area contributed by atoms with Crippen LogP contribution < -0.4 is 5.14 Å². The van der Waals surface area contributed by atoms with Crippen LogP contribution in [-0.4, -0.2) is 8.42 Å². The van der Waals surface area contributed by atoms with E-state index in [9.17, 15) is 8.42 Å². The van der Waals surface area contributed by atoms with Gasteiger partial charge in [0.15, 0.2) is 0 Å². The zero-order valence-electron chi connectivity index (χ0n) is 15.7. The van der Waals surface area contributed by atoms with Crippen molar-refractivity contribution in [1.29, 1.82) is 0 Å². The van der Waals surface area contributed by atoms with Crippen LogP contribution in [0.1, 0.15) is 51.7 Å². The quantitative estimate of drug-likeness (QED) is 0.724. The van der Waals surface area contributed by atoms with E-state index >= 15 is 0 Å². The predicted molar refractivity (Wildman–Crippen MR) is 110 cm³/mol. The first-order valence-corrected chi connectivity index (χ1v) is 10.7. The topological polar surface area (TPSA) is 60.2 Å². The van der Waals surface area contributed by atoms with E-state index in [1.807, 2.05) is 50.2 Å². The summed E-state index contributed by atoms with van der Waals surface area (Å²) in [5.74, 6) is 0. The lowest BCUT2D eigenvalue weighted by Gasteiger charge is -2.17. The third-order valence-corrected chi connectivity index (χ3v) is 5.58. The van der Waals surface area contributed by atoms with Crippen LogP contribution in [0.25, 0.3) is 11.1 Å². The molecule has 0 heterocycles. The molecule has 0 atom stereocenters. The van der Waals surface area contributed by atoms with E-state index in [0.717, 1.165) is 29.0 Å². The zero-order chi connectivity index (χ0) is 19.5. The van der Waals surface area contributed by atoms with Gasteiger partial charge in [-0.05, 0) is 64.8 Å². The van der Waals surface area contributed by atoms with Crippen molar-refractivity contribution in [1.82, 2.24) is 0 Å². The smallest absolute Gasteiger partial charge is 0.225 e. The van der Waals surface area contributed by atoms with E-state index in [-0.39, 0.29) is 10.3 Å². The predicted octanol–water partition coefficient (Wildman–Crippen LogP) is 5.74. The Labute approximate surface area is 161 Å². The van der Waals surface area contributed by atoms with E-state index in [1.165, 1.54) is 11.1 Å². The highest BCUT2D eigenvalue weighted by Crippen LogP contribution is 2.49. The van der Waals surface area contributed by atoms with Crippen molar-refractivity contribution >= 4 is 32.8 Å². The Morgan fingerprint density at radius 1 is 0.846 bits per heavy atom. The minimum absolute atomic E-state index is 0.136. The average Bonchev–Trinajstić information content (AvgIpc) is 2.92. The molecule has 0 bridgehead atoms. The Morgan fingerprint density at radius 3 is 1.62 bits per heavy atom. The van der Waals surface area contributed by atoms with Gasteiger partial charge in [-0.25, -0.2) is 13.6 Å². The molecule has 0 amide bonds. The second-order valence-corrected chi connectivity index (χ2v) is 9.05. The summed E-state index contributed by atoms with van der Waals surface area (Å²) in [5.41, 5.74) is 4.92. The summed E-state index contributed by atoms with van der Waals surface area (Å²) in [6.07, 6.45) is 1.92. The fraction of sp³-hybridized carbons (Fsp3) is 0.333. The minimum atomic E-state index is -3.67. The maximum absolute atomic E-state index is 11.4. The molecule has 26 heavy (non-hydrogen) atoms. The molecule has 2 N–H and O–H groups in total. The summed E-state index contributed by atoms with van der Waals surface area (Å²) < 4.78 is 22.9. The molecule has 1 aliphatic rings. The standard InChI is InChI=1S/C19H20ClNO2S.C2H6/c1-19(2)11-17(13-3-7-15(20)8-4-13)18(12-19)14-5-9-16(10-6-14)24(21,22)23;1-2/h3-10H,11-12H2,1-2H3,(H2,21,22,23);1-2H3. The van der Waals surface area contributed by atoms with Crippen molar-refractivity contribution in [3.63, 3.8) is 0 Å². The van der Waals surface area contributed by atoms with Crippen molar-refractivity contribution in [2.45, 2.75) is 45.4 Å². The number of allylic oxidation sites excluding steroid dienone is 2. The molecule has 140 valence electrons. The molecule has 1 aliphatic carbocycles. The van der Waals surface area contributed by atoms with Gasteiger partial charge in [0.1, 0.15) is 0 Å². The van der Waals surface area contributed by atoms with Gasteiger partial charge in [0.05, 0.1) is 4.90 Å². The lowest BCUT2D eigenvalue weighted by Crippen LogP contribution is -2.11. The number of rotatable bonds is 3. The highest BCUT2D eigenvalue weighted by Gasteiger charge is 2.31. The van der Waals surface area contributed by atoms with Crippen LogP contribution in [0, 0.1) is 5.41 Å². The fourth-order valence-electron chi connectivity index (χ4n) is 3.28. The van der Waals surface area contributed by atoms with Gasteiger partial charge in [-0.3, -0.25) is 0 Å². The first-order valence-electron chi connectivity index (χ1n) is 8.77. The van der Waals surface area contributed by atoms with Gasteiger partial charge in [-0.15, -0.1) is 0 Å². The highest BCUT2D eigenvalue weighted by molar-refractivity contribution is 7.89. The van der Waals surface area contributed by atoms with Gasteiger partial charge < -0.3 is 0 Å². The maximum Gasteiger partial charge on any atom is 0.238 e. The number of hydrogen-bond donors (Lipinski definition) is 1. The van der Waals surface area contributed by atoms with Crippen molar-refractivity contribution in [3.8, 4) is 0 Å². The van der Waals surface area contributed by atoms with Gasteiger partial charge in [-0.2, -0.15) is 0 Å². The number of halogens is 1. The van der Waals surface area contributed by atoms with Crippen LogP contribution in [0.4, 0.5) is 0 Å². The lowest BCUT2D eigenvalue weighted by atomic mass is 9.87. The molecule has 3 nitrogen and oxygen atoms in total.